The van der Waals surface area contributed by atoms with Crippen LogP contribution in [0.15, 0.2) is 34.8 Å². The van der Waals surface area contributed by atoms with Crippen molar-refractivity contribution in [2.45, 2.75) is 36.6 Å². The van der Waals surface area contributed by atoms with Crippen LogP contribution in [0.5, 0.6) is 0 Å². The van der Waals surface area contributed by atoms with Gasteiger partial charge in [0.05, 0.1) is 5.69 Å². The van der Waals surface area contributed by atoms with Crippen LogP contribution >= 0.6 is 11.3 Å². The van der Waals surface area contributed by atoms with E-state index < -0.39 is 10.0 Å². The highest BCUT2D eigenvalue weighted by Crippen LogP contribution is 2.28. The molecule has 5 nitrogen and oxygen atoms in total. The molecule has 21 heavy (non-hydrogen) atoms. The minimum absolute atomic E-state index is 0.351. The van der Waals surface area contributed by atoms with E-state index in [0.717, 1.165) is 17.0 Å². The van der Waals surface area contributed by atoms with Crippen LogP contribution in [0.4, 0.5) is 5.69 Å². The maximum atomic E-state index is 12.4. The molecule has 0 spiro atoms. The number of nitrogens with zero attached hydrogens (tertiary/aromatic N) is 1. The van der Waals surface area contributed by atoms with Crippen LogP contribution in [0, 0.1) is 6.92 Å². The van der Waals surface area contributed by atoms with E-state index in [9.17, 15) is 8.42 Å². The van der Waals surface area contributed by atoms with Crippen LogP contribution in [0.25, 0.3) is 0 Å². The second-order valence-corrected chi connectivity index (χ2v) is 8.21. The first-order valence-electron chi connectivity index (χ1n) is 6.80. The predicted molar refractivity (Wildman–Crippen MR) is 84.0 cm³/mol. The fraction of sp³-hybridized carbons (Fsp3) is 0.357. The first-order chi connectivity index (χ1) is 10.0. The summed E-state index contributed by atoms with van der Waals surface area (Å²) in [5.74, 6) is 0. The van der Waals surface area contributed by atoms with Gasteiger partial charge in [0.2, 0.25) is 0 Å². The molecule has 0 saturated heterocycles. The van der Waals surface area contributed by atoms with Crippen molar-refractivity contribution >= 4 is 27.0 Å². The highest BCUT2D eigenvalue weighted by Gasteiger charge is 2.22. The molecule has 1 fully saturated rings. The molecule has 2 N–H and O–H groups in total. The number of pyridine rings is 1. The number of anilines is 1. The molecule has 2 aromatic heterocycles. The smallest absolute Gasteiger partial charge is 0.271 e. The molecule has 2 aromatic rings. The second kappa shape index (κ2) is 5.75. The van der Waals surface area contributed by atoms with Gasteiger partial charge in [0.15, 0.2) is 0 Å². The van der Waals surface area contributed by atoms with Gasteiger partial charge in [-0.15, -0.1) is 11.3 Å². The zero-order chi connectivity index (χ0) is 14.9. The third-order valence-corrected chi connectivity index (χ3v) is 6.42. The van der Waals surface area contributed by atoms with Gasteiger partial charge in [-0.05, 0) is 43.5 Å². The highest BCUT2D eigenvalue weighted by atomic mass is 32.2. The fourth-order valence-electron chi connectivity index (χ4n) is 1.95. The van der Waals surface area contributed by atoms with Crippen LogP contribution in [0.1, 0.15) is 23.3 Å². The average Bonchev–Trinajstić information content (AvgIpc) is 3.20. The Morgan fingerprint density at radius 1 is 1.33 bits per heavy atom. The summed E-state index contributed by atoms with van der Waals surface area (Å²) < 4.78 is 27.7. The Hall–Kier alpha value is -1.44. The molecule has 2 heterocycles. The van der Waals surface area contributed by atoms with Crippen molar-refractivity contribution < 1.29 is 8.42 Å². The summed E-state index contributed by atoms with van der Waals surface area (Å²) in [6.07, 6.45) is 5.56. The predicted octanol–water partition coefficient (Wildman–Crippen LogP) is 2.50. The van der Waals surface area contributed by atoms with Gasteiger partial charge in [0, 0.05) is 29.9 Å². The Balaban J connectivity index is 1.76. The third kappa shape index (κ3) is 3.61. The molecule has 1 saturated carbocycles. The second-order valence-electron chi connectivity index (χ2n) is 5.17. The van der Waals surface area contributed by atoms with E-state index >= 15 is 0 Å². The molecule has 0 amide bonds. The minimum Gasteiger partial charge on any atom is -0.309 e. The number of aryl methyl sites for hydroxylation is 1. The Bertz CT molecular complexity index is 722. The molecule has 0 atom stereocenters. The number of hydrogen-bond donors (Lipinski definition) is 2. The Labute approximate surface area is 128 Å². The molecule has 112 valence electrons. The van der Waals surface area contributed by atoms with Crippen molar-refractivity contribution in [2.75, 3.05) is 4.72 Å². The van der Waals surface area contributed by atoms with Crippen molar-refractivity contribution in [1.82, 2.24) is 10.3 Å². The lowest BCUT2D eigenvalue weighted by Crippen LogP contribution is -2.14. The van der Waals surface area contributed by atoms with E-state index in [0.29, 0.717) is 15.9 Å². The van der Waals surface area contributed by atoms with Crippen molar-refractivity contribution in [3.63, 3.8) is 0 Å². The minimum atomic E-state index is -3.52. The number of nitrogens with one attached hydrogen (secondary N) is 2. The van der Waals surface area contributed by atoms with Gasteiger partial charge >= 0.3 is 0 Å². The molecule has 0 radical (unpaired) electrons. The summed E-state index contributed by atoms with van der Waals surface area (Å²) >= 11 is 1.33. The lowest BCUT2D eigenvalue weighted by molar-refractivity contribution is 0.603. The molecule has 7 heteroatoms. The fourth-order valence-corrected chi connectivity index (χ4v) is 4.54. The quantitative estimate of drug-likeness (QED) is 0.857. The molecule has 0 aromatic carbocycles. The summed E-state index contributed by atoms with van der Waals surface area (Å²) in [5, 5.41) is 3.42. The molecule has 0 unspecified atom stereocenters. The van der Waals surface area contributed by atoms with Crippen LogP contribution < -0.4 is 10.0 Å². The van der Waals surface area contributed by atoms with Crippen molar-refractivity contribution in [2.24, 2.45) is 0 Å². The molecular formula is C14H17N3O2S2. The van der Waals surface area contributed by atoms with Crippen molar-refractivity contribution in [3.8, 4) is 0 Å². The van der Waals surface area contributed by atoms with Gasteiger partial charge < -0.3 is 5.32 Å². The van der Waals surface area contributed by atoms with Gasteiger partial charge in [0.25, 0.3) is 10.0 Å². The number of hydrogen-bond acceptors (Lipinski definition) is 5. The summed E-state index contributed by atoms with van der Waals surface area (Å²) in [6, 6.07) is 5.61. The van der Waals surface area contributed by atoms with Crippen molar-refractivity contribution in [3.05, 3.63) is 41.0 Å². The third-order valence-electron chi connectivity index (χ3n) is 3.32. The van der Waals surface area contributed by atoms with E-state index in [4.69, 9.17) is 0 Å². The monoisotopic (exact) mass is 323 g/mol. The summed E-state index contributed by atoms with van der Waals surface area (Å²) in [5.41, 5.74) is 1.54. The number of rotatable bonds is 6. The highest BCUT2D eigenvalue weighted by molar-refractivity contribution is 7.94. The number of thiophene rings is 1. The van der Waals surface area contributed by atoms with Crippen LogP contribution in [0.2, 0.25) is 0 Å². The molecule has 0 bridgehead atoms. The van der Waals surface area contributed by atoms with E-state index in [1.807, 2.05) is 6.92 Å². The van der Waals surface area contributed by atoms with Crippen molar-refractivity contribution in [1.29, 1.82) is 0 Å². The van der Waals surface area contributed by atoms with Gasteiger partial charge in [-0.2, -0.15) is 0 Å². The van der Waals surface area contributed by atoms with Crippen LogP contribution in [0.3, 0.4) is 0 Å². The maximum Gasteiger partial charge on any atom is 0.271 e. The Kier molecular flexibility index (Phi) is 3.97. The molecule has 1 aliphatic carbocycles. The standard InChI is InChI=1S/C14H17N3O2S2/c1-10-8-14(20-13(10)9-16-11-2-3-11)21(18,19)17-12-4-6-15-7-5-12/h4-8,11,16H,2-3,9H2,1H3,(H,15,17). The van der Waals surface area contributed by atoms with Gasteiger partial charge in [-0.3, -0.25) is 9.71 Å². The van der Waals surface area contributed by atoms with Crippen LogP contribution in [-0.4, -0.2) is 19.4 Å². The van der Waals surface area contributed by atoms with E-state index in [2.05, 4.69) is 15.0 Å². The van der Waals surface area contributed by atoms with E-state index in [-0.39, 0.29) is 0 Å². The number of sulfonamides is 1. The Morgan fingerprint density at radius 3 is 2.71 bits per heavy atom. The summed E-state index contributed by atoms with van der Waals surface area (Å²) in [6.45, 7) is 2.69. The zero-order valence-corrected chi connectivity index (χ0v) is 13.3. The number of aromatic nitrogens is 1. The molecule has 3 rings (SSSR count). The first-order valence-corrected chi connectivity index (χ1v) is 9.10. The van der Waals surface area contributed by atoms with E-state index in [1.165, 1.54) is 24.2 Å². The lowest BCUT2D eigenvalue weighted by atomic mass is 10.3. The first kappa shape index (κ1) is 14.5. The van der Waals surface area contributed by atoms with Gasteiger partial charge in [-0.1, -0.05) is 0 Å². The van der Waals surface area contributed by atoms with Gasteiger partial charge in [-0.25, -0.2) is 8.42 Å². The molecule has 0 aliphatic heterocycles. The molecule has 1 aliphatic rings. The summed E-state index contributed by atoms with van der Waals surface area (Å²) in [4.78, 5) is 4.95. The molecular weight excluding hydrogens is 306 g/mol. The topological polar surface area (TPSA) is 71.1 Å². The normalized spacial score (nSPS) is 15.1. The van der Waals surface area contributed by atoms with E-state index in [1.54, 1.807) is 30.6 Å². The lowest BCUT2D eigenvalue weighted by Gasteiger charge is -2.05. The SMILES string of the molecule is Cc1cc(S(=O)(=O)Nc2ccncc2)sc1CNC1CC1. The average molecular weight is 323 g/mol. The summed E-state index contributed by atoms with van der Waals surface area (Å²) in [7, 11) is -3.52. The zero-order valence-electron chi connectivity index (χ0n) is 11.7. The Morgan fingerprint density at radius 2 is 2.05 bits per heavy atom. The maximum absolute atomic E-state index is 12.4. The largest absolute Gasteiger partial charge is 0.309 e. The van der Waals surface area contributed by atoms with Gasteiger partial charge in [0.1, 0.15) is 4.21 Å². The van der Waals surface area contributed by atoms with Crippen LogP contribution in [-0.2, 0) is 16.6 Å².